The zero-order valence-electron chi connectivity index (χ0n) is 9.82. The van der Waals surface area contributed by atoms with Gasteiger partial charge in [-0.3, -0.25) is 0 Å². The molecule has 3 nitrogen and oxygen atoms in total. The van der Waals surface area contributed by atoms with E-state index < -0.39 is 0 Å². The Bertz CT molecular complexity index is 476. The molecule has 0 amide bonds. The number of fused-ring (bicyclic) bond motifs is 1. The predicted octanol–water partition coefficient (Wildman–Crippen LogP) is 2.23. The number of benzene rings is 1. The van der Waals surface area contributed by atoms with Crippen molar-refractivity contribution in [3.05, 3.63) is 53.6 Å². The van der Waals surface area contributed by atoms with E-state index in [1.54, 1.807) is 6.33 Å². The van der Waals surface area contributed by atoms with E-state index in [2.05, 4.69) is 39.6 Å². The quantitative estimate of drug-likeness (QED) is 0.841. The molecule has 1 aromatic carbocycles. The van der Waals surface area contributed by atoms with E-state index in [1.165, 1.54) is 29.7 Å². The summed E-state index contributed by atoms with van der Waals surface area (Å²) in [4.78, 5) is 7.16. The summed E-state index contributed by atoms with van der Waals surface area (Å²) in [5.74, 6) is 0. The molecule has 2 aromatic rings. The number of nitrogens with zero attached hydrogens (tertiary/aromatic N) is 1. The van der Waals surface area contributed by atoms with Crippen LogP contribution in [-0.2, 0) is 12.8 Å². The SMILES string of the molecule is c1ccc2c(c1)CCC2NCCc1cnc[nH]1. The Labute approximate surface area is 101 Å². The van der Waals surface area contributed by atoms with Crippen LogP contribution < -0.4 is 5.32 Å². The molecule has 2 N–H and O–H groups in total. The summed E-state index contributed by atoms with van der Waals surface area (Å²) in [7, 11) is 0. The summed E-state index contributed by atoms with van der Waals surface area (Å²) < 4.78 is 0. The Balaban J connectivity index is 1.57. The number of H-pyrrole nitrogens is 1. The van der Waals surface area contributed by atoms with Gasteiger partial charge in [0, 0.05) is 30.9 Å². The minimum Gasteiger partial charge on any atom is -0.348 e. The van der Waals surface area contributed by atoms with Crippen molar-refractivity contribution >= 4 is 0 Å². The third-order valence-corrected chi connectivity index (χ3v) is 3.47. The van der Waals surface area contributed by atoms with Gasteiger partial charge in [-0.25, -0.2) is 4.98 Å². The van der Waals surface area contributed by atoms with E-state index in [-0.39, 0.29) is 0 Å². The summed E-state index contributed by atoms with van der Waals surface area (Å²) in [6.07, 6.45) is 7.07. The molecule has 0 saturated carbocycles. The second kappa shape index (κ2) is 4.72. The number of rotatable bonds is 4. The van der Waals surface area contributed by atoms with Crippen molar-refractivity contribution in [2.75, 3.05) is 6.54 Å². The molecule has 1 aromatic heterocycles. The smallest absolute Gasteiger partial charge is 0.0921 e. The summed E-state index contributed by atoms with van der Waals surface area (Å²) >= 11 is 0. The summed E-state index contributed by atoms with van der Waals surface area (Å²) in [6, 6.07) is 9.29. The zero-order valence-corrected chi connectivity index (χ0v) is 9.82. The molecule has 0 bridgehead atoms. The fourth-order valence-corrected chi connectivity index (χ4v) is 2.57. The molecule has 0 aliphatic heterocycles. The van der Waals surface area contributed by atoms with Gasteiger partial charge in [0.05, 0.1) is 6.33 Å². The second-order valence-corrected chi connectivity index (χ2v) is 4.57. The maximum Gasteiger partial charge on any atom is 0.0921 e. The average Bonchev–Trinajstić information content (AvgIpc) is 2.99. The molecule has 0 radical (unpaired) electrons. The van der Waals surface area contributed by atoms with Gasteiger partial charge in [0.25, 0.3) is 0 Å². The van der Waals surface area contributed by atoms with Crippen molar-refractivity contribution in [3.63, 3.8) is 0 Å². The van der Waals surface area contributed by atoms with Crippen LogP contribution >= 0.6 is 0 Å². The lowest BCUT2D eigenvalue weighted by atomic mass is 10.1. The van der Waals surface area contributed by atoms with Gasteiger partial charge in [0.2, 0.25) is 0 Å². The zero-order chi connectivity index (χ0) is 11.5. The van der Waals surface area contributed by atoms with Gasteiger partial charge in [-0.2, -0.15) is 0 Å². The highest BCUT2D eigenvalue weighted by atomic mass is 14.9. The van der Waals surface area contributed by atoms with E-state index in [1.807, 2.05) is 6.20 Å². The highest BCUT2D eigenvalue weighted by Gasteiger charge is 2.20. The van der Waals surface area contributed by atoms with Crippen LogP contribution in [0.15, 0.2) is 36.8 Å². The molecule has 3 heteroatoms. The molecule has 0 spiro atoms. The first-order valence-corrected chi connectivity index (χ1v) is 6.22. The van der Waals surface area contributed by atoms with Crippen LogP contribution in [0, 0.1) is 0 Å². The molecule has 1 heterocycles. The van der Waals surface area contributed by atoms with Crippen LogP contribution in [0.3, 0.4) is 0 Å². The molecule has 1 unspecified atom stereocenters. The Morgan fingerprint density at radius 3 is 3.18 bits per heavy atom. The highest BCUT2D eigenvalue weighted by molar-refractivity contribution is 5.34. The average molecular weight is 227 g/mol. The maximum absolute atomic E-state index is 4.03. The normalized spacial score (nSPS) is 18.2. The molecule has 1 aliphatic rings. The maximum atomic E-state index is 4.03. The van der Waals surface area contributed by atoms with E-state index >= 15 is 0 Å². The molecule has 1 atom stereocenters. The van der Waals surface area contributed by atoms with Crippen LogP contribution in [0.25, 0.3) is 0 Å². The summed E-state index contributed by atoms with van der Waals surface area (Å²) in [5.41, 5.74) is 4.19. The van der Waals surface area contributed by atoms with E-state index in [9.17, 15) is 0 Å². The van der Waals surface area contributed by atoms with Crippen molar-refractivity contribution in [1.82, 2.24) is 15.3 Å². The third kappa shape index (κ3) is 2.24. The Hall–Kier alpha value is -1.61. The van der Waals surface area contributed by atoms with Crippen molar-refractivity contribution in [2.45, 2.75) is 25.3 Å². The van der Waals surface area contributed by atoms with Crippen molar-refractivity contribution in [3.8, 4) is 0 Å². The van der Waals surface area contributed by atoms with E-state index in [4.69, 9.17) is 0 Å². The van der Waals surface area contributed by atoms with Crippen molar-refractivity contribution < 1.29 is 0 Å². The number of hydrogen-bond donors (Lipinski definition) is 2. The third-order valence-electron chi connectivity index (χ3n) is 3.47. The van der Waals surface area contributed by atoms with Crippen LogP contribution in [0.5, 0.6) is 0 Å². The van der Waals surface area contributed by atoms with E-state index in [0.717, 1.165) is 13.0 Å². The Morgan fingerprint density at radius 2 is 2.29 bits per heavy atom. The Morgan fingerprint density at radius 1 is 1.35 bits per heavy atom. The predicted molar refractivity (Wildman–Crippen MR) is 67.8 cm³/mol. The number of hydrogen-bond acceptors (Lipinski definition) is 2. The van der Waals surface area contributed by atoms with Gasteiger partial charge in [-0.1, -0.05) is 24.3 Å². The monoisotopic (exact) mass is 227 g/mol. The van der Waals surface area contributed by atoms with Gasteiger partial charge in [0.15, 0.2) is 0 Å². The van der Waals surface area contributed by atoms with E-state index in [0.29, 0.717) is 6.04 Å². The van der Waals surface area contributed by atoms with Gasteiger partial charge in [0.1, 0.15) is 0 Å². The largest absolute Gasteiger partial charge is 0.348 e. The number of nitrogens with one attached hydrogen (secondary N) is 2. The molecular formula is C14H17N3. The number of imidazole rings is 1. The fourth-order valence-electron chi connectivity index (χ4n) is 2.57. The van der Waals surface area contributed by atoms with Crippen molar-refractivity contribution in [2.24, 2.45) is 0 Å². The molecule has 3 rings (SSSR count). The Kier molecular flexibility index (Phi) is 2.92. The fraction of sp³-hybridized carbons (Fsp3) is 0.357. The lowest BCUT2D eigenvalue weighted by molar-refractivity contribution is 0.532. The first kappa shape index (κ1) is 10.5. The van der Waals surface area contributed by atoms with Crippen LogP contribution in [0.1, 0.15) is 29.3 Å². The first-order chi connectivity index (χ1) is 8.43. The summed E-state index contributed by atoms with van der Waals surface area (Å²) in [5, 5.41) is 3.63. The number of aromatic nitrogens is 2. The van der Waals surface area contributed by atoms with Gasteiger partial charge < -0.3 is 10.3 Å². The highest BCUT2D eigenvalue weighted by Crippen LogP contribution is 2.30. The molecule has 1 aliphatic carbocycles. The summed E-state index contributed by atoms with van der Waals surface area (Å²) in [6.45, 7) is 1.00. The molecule has 0 fully saturated rings. The molecule has 17 heavy (non-hydrogen) atoms. The number of aryl methyl sites for hydroxylation is 1. The lowest BCUT2D eigenvalue weighted by Gasteiger charge is -2.13. The topological polar surface area (TPSA) is 40.7 Å². The minimum atomic E-state index is 0.536. The van der Waals surface area contributed by atoms with Crippen LogP contribution in [0.4, 0.5) is 0 Å². The van der Waals surface area contributed by atoms with Crippen molar-refractivity contribution in [1.29, 1.82) is 0 Å². The standard InChI is InChI=1S/C14H17N3/c1-2-4-13-11(3-1)5-6-14(13)16-8-7-12-9-15-10-17-12/h1-4,9-10,14,16H,5-8H2,(H,15,17). The molecular weight excluding hydrogens is 210 g/mol. The van der Waals surface area contributed by atoms with Gasteiger partial charge in [-0.05, 0) is 24.0 Å². The van der Waals surface area contributed by atoms with Gasteiger partial charge >= 0.3 is 0 Å². The second-order valence-electron chi connectivity index (χ2n) is 4.57. The molecule has 88 valence electrons. The van der Waals surface area contributed by atoms with Crippen LogP contribution in [-0.4, -0.2) is 16.5 Å². The molecule has 0 saturated heterocycles. The van der Waals surface area contributed by atoms with Gasteiger partial charge in [-0.15, -0.1) is 0 Å². The first-order valence-electron chi connectivity index (χ1n) is 6.22. The number of aromatic amines is 1. The lowest BCUT2D eigenvalue weighted by Crippen LogP contribution is -2.21. The minimum absolute atomic E-state index is 0.536. The van der Waals surface area contributed by atoms with Crippen LogP contribution in [0.2, 0.25) is 0 Å².